The molecule has 2 nitrogen and oxygen atoms in total. The summed E-state index contributed by atoms with van der Waals surface area (Å²) in [6.07, 6.45) is 0. The topological polar surface area (TPSA) is 24.4 Å². The number of amidine groups is 1. The summed E-state index contributed by atoms with van der Waals surface area (Å²) in [5, 5.41) is 4.36. The molecule has 3 heteroatoms. The molecular formula is C10H16N2S. The Morgan fingerprint density at radius 3 is 2.92 bits per heavy atom. The van der Waals surface area contributed by atoms with Gasteiger partial charge in [-0.05, 0) is 6.92 Å². The second kappa shape index (κ2) is 4.57. The summed E-state index contributed by atoms with van der Waals surface area (Å²) < 4.78 is 0. The van der Waals surface area contributed by atoms with Gasteiger partial charge in [-0.2, -0.15) is 0 Å². The van der Waals surface area contributed by atoms with E-state index in [1.165, 1.54) is 0 Å². The van der Waals surface area contributed by atoms with E-state index in [0.29, 0.717) is 5.41 Å². The molecule has 72 valence electrons. The fraction of sp³-hybridized carbons (Fsp3) is 0.700. The molecule has 13 heavy (non-hydrogen) atoms. The van der Waals surface area contributed by atoms with Crippen LogP contribution in [0.25, 0.3) is 0 Å². The van der Waals surface area contributed by atoms with Crippen LogP contribution in [-0.4, -0.2) is 24.0 Å². The maximum atomic E-state index is 4.45. The highest BCUT2D eigenvalue weighted by Crippen LogP contribution is 2.19. The second-order valence-electron chi connectivity index (χ2n) is 3.85. The van der Waals surface area contributed by atoms with Gasteiger partial charge in [0, 0.05) is 18.5 Å². The van der Waals surface area contributed by atoms with Gasteiger partial charge in [0.1, 0.15) is 0 Å². The van der Waals surface area contributed by atoms with Crippen molar-refractivity contribution in [2.45, 2.75) is 20.8 Å². The van der Waals surface area contributed by atoms with Crippen LogP contribution in [0.1, 0.15) is 20.8 Å². The number of rotatable bonds is 1. The van der Waals surface area contributed by atoms with E-state index in [1.54, 1.807) is 11.8 Å². The van der Waals surface area contributed by atoms with E-state index in [1.807, 2.05) is 6.92 Å². The van der Waals surface area contributed by atoms with Crippen LogP contribution >= 0.6 is 11.8 Å². The molecule has 0 radical (unpaired) electrons. The number of hydrogen-bond acceptors (Lipinski definition) is 3. The van der Waals surface area contributed by atoms with Gasteiger partial charge in [-0.25, -0.2) is 0 Å². The first kappa shape index (κ1) is 10.5. The summed E-state index contributed by atoms with van der Waals surface area (Å²) in [4.78, 5) is 4.45. The number of nitrogens with zero attached hydrogens (tertiary/aromatic N) is 1. The van der Waals surface area contributed by atoms with E-state index in [4.69, 9.17) is 0 Å². The molecule has 0 unspecified atom stereocenters. The highest BCUT2D eigenvalue weighted by atomic mass is 32.2. The van der Waals surface area contributed by atoms with Crippen LogP contribution in [0.5, 0.6) is 0 Å². The zero-order valence-electron chi connectivity index (χ0n) is 8.48. The van der Waals surface area contributed by atoms with E-state index in [2.05, 4.69) is 36.0 Å². The molecule has 0 spiro atoms. The monoisotopic (exact) mass is 196 g/mol. The minimum Gasteiger partial charge on any atom is -0.364 e. The molecule has 0 atom stereocenters. The lowest BCUT2D eigenvalue weighted by Crippen LogP contribution is -2.39. The van der Waals surface area contributed by atoms with Gasteiger partial charge >= 0.3 is 0 Å². The summed E-state index contributed by atoms with van der Waals surface area (Å²) in [5.41, 5.74) is 0.306. The number of nitrogens with one attached hydrogen (secondary N) is 1. The SMILES string of the molecule is CC#CCSC1=NCC(C)(C)CN1. The van der Waals surface area contributed by atoms with Crippen molar-refractivity contribution < 1.29 is 0 Å². The first-order chi connectivity index (χ1) is 6.14. The Hall–Kier alpha value is -0.620. The summed E-state index contributed by atoms with van der Waals surface area (Å²) in [7, 11) is 0. The lowest BCUT2D eigenvalue weighted by Gasteiger charge is -2.28. The van der Waals surface area contributed by atoms with Gasteiger partial charge in [-0.15, -0.1) is 5.92 Å². The highest BCUT2D eigenvalue weighted by Gasteiger charge is 2.21. The van der Waals surface area contributed by atoms with Gasteiger partial charge in [-0.1, -0.05) is 31.5 Å². The molecule has 1 aliphatic rings. The summed E-state index contributed by atoms with van der Waals surface area (Å²) >= 11 is 1.69. The third-order valence-corrected chi connectivity index (χ3v) is 2.66. The zero-order chi connectivity index (χ0) is 9.73. The number of aliphatic imine (C=N–C) groups is 1. The third kappa shape index (κ3) is 3.73. The highest BCUT2D eigenvalue weighted by molar-refractivity contribution is 8.14. The second-order valence-corrected chi connectivity index (χ2v) is 4.82. The van der Waals surface area contributed by atoms with Crippen molar-refractivity contribution in [3.8, 4) is 11.8 Å². The molecule has 1 rings (SSSR count). The van der Waals surface area contributed by atoms with Crippen LogP contribution in [0.3, 0.4) is 0 Å². The Kier molecular flexibility index (Phi) is 3.68. The molecule has 1 N–H and O–H groups in total. The Bertz CT molecular complexity index is 258. The minimum atomic E-state index is 0.306. The molecular weight excluding hydrogens is 180 g/mol. The van der Waals surface area contributed by atoms with E-state index in [0.717, 1.165) is 24.0 Å². The molecule has 0 amide bonds. The predicted molar refractivity (Wildman–Crippen MR) is 60.0 cm³/mol. The van der Waals surface area contributed by atoms with Gasteiger partial charge < -0.3 is 5.32 Å². The van der Waals surface area contributed by atoms with Crippen molar-refractivity contribution in [2.75, 3.05) is 18.8 Å². The van der Waals surface area contributed by atoms with E-state index in [-0.39, 0.29) is 0 Å². The quantitative estimate of drug-likeness (QED) is 0.646. The molecule has 0 bridgehead atoms. The molecule has 0 aromatic heterocycles. The van der Waals surface area contributed by atoms with E-state index >= 15 is 0 Å². The lowest BCUT2D eigenvalue weighted by molar-refractivity contribution is 0.364. The fourth-order valence-corrected chi connectivity index (χ4v) is 1.67. The van der Waals surface area contributed by atoms with Crippen molar-refractivity contribution in [1.82, 2.24) is 5.32 Å². The molecule has 0 aromatic carbocycles. The van der Waals surface area contributed by atoms with Gasteiger partial charge in [0.25, 0.3) is 0 Å². The Morgan fingerprint density at radius 1 is 1.62 bits per heavy atom. The smallest absolute Gasteiger partial charge is 0.157 e. The lowest BCUT2D eigenvalue weighted by atomic mass is 9.93. The number of hydrogen-bond donors (Lipinski definition) is 1. The first-order valence-corrected chi connectivity index (χ1v) is 5.43. The van der Waals surface area contributed by atoms with Crippen LogP contribution < -0.4 is 5.32 Å². The van der Waals surface area contributed by atoms with E-state index < -0.39 is 0 Å². The van der Waals surface area contributed by atoms with Crippen molar-refractivity contribution in [2.24, 2.45) is 10.4 Å². The van der Waals surface area contributed by atoms with Crippen molar-refractivity contribution in [3.05, 3.63) is 0 Å². The number of thioether (sulfide) groups is 1. The summed E-state index contributed by atoms with van der Waals surface area (Å²) in [6.45, 7) is 8.23. The van der Waals surface area contributed by atoms with Gasteiger partial charge in [0.05, 0.1) is 5.75 Å². The standard InChI is InChI=1S/C10H16N2S/c1-4-5-6-13-9-11-7-10(2,3)8-12-9/h6-8H2,1-3H3,(H,11,12). The normalized spacial score (nSPS) is 19.5. The Morgan fingerprint density at radius 2 is 2.38 bits per heavy atom. The first-order valence-electron chi connectivity index (χ1n) is 4.45. The maximum absolute atomic E-state index is 4.45. The Balaban J connectivity index is 2.36. The summed E-state index contributed by atoms with van der Waals surface area (Å²) in [5.74, 6) is 6.71. The van der Waals surface area contributed by atoms with Crippen LogP contribution in [0.15, 0.2) is 4.99 Å². The van der Waals surface area contributed by atoms with Gasteiger partial charge in [0.15, 0.2) is 5.17 Å². The maximum Gasteiger partial charge on any atom is 0.157 e. The van der Waals surface area contributed by atoms with Crippen molar-refractivity contribution in [3.63, 3.8) is 0 Å². The summed E-state index contributed by atoms with van der Waals surface area (Å²) in [6, 6.07) is 0. The Labute approximate surface area is 84.6 Å². The predicted octanol–water partition coefficient (Wildman–Crippen LogP) is 1.73. The van der Waals surface area contributed by atoms with Crippen LogP contribution in [0.4, 0.5) is 0 Å². The molecule has 0 aliphatic carbocycles. The minimum absolute atomic E-state index is 0.306. The third-order valence-electron chi connectivity index (χ3n) is 1.83. The average molecular weight is 196 g/mol. The molecule has 1 aliphatic heterocycles. The molecule has 0 fully saturated rings. The van der Waals surface area contributed by atoms with Crippen molar-refractivity contribution in [1.29, 1.82) is 0 Å². The van der Waals surface area contributed by atoms with Crippen LogP contribution in [-0.2, 0) is 0 Å². The molecule has 0 aromatic rings. The van der Waals surface area contributed by atoms with Crippen molar-refractivity contribution >= 4 is 16.9 Å². The molecule has 0 saturated carbocycles. The van der Waals surface area contributed by atoms with Crippen LogP contribution in [0.2, 0.25) is 0 Å². The van der Waals surface area contributed by atoms with Crippen LogP contribution in [0, 0.1) is 17.3 Å². The molecule has 0 saturated heterocycles. The zero-order valence-corrected chi connectivity index (χ0v) is 9.29. The van der Waals surface area contributed by atoms with Gasteiger partial charge in [-0.3, -0.25) is 4.99 Å². The fourth-order valence-electron chi connectivity index (χ4n) is 0.986. The van der Waals surface area contributed by atoms with Gasteiger partial charge in [0.2, 0.25) is 0 Å². The average Bonchev–Trinajstić information content (AvgIpc) is 2.08. The largest absolute Gasteiger partial charge is 0.364 e. The van der Waals surface area contributed by atoms with E-state index in [9.17, 15) is 0 Å². The molecule has 1 heterocycles.